The van der Waals surface area contributed by atoms with Crippen molar-refractivity contribution in [2.24, 2.45) is 0 Å². The molecule has 0 aliphatic rings. The van der Waals surface area contributed by atoms with Crippen molar-refractivity contribution in [3.05, 3.63) is 35.1 Å². The van der Waals surface area contributed by atoms with Crippen molar-refractivity contribution >= 4 is 28.1 Å². The first-order chi connectivity index (χ1) is 8.70. The van der Waals surface area contributed by atoms with E-state index < -0.39 is 0 Å². The summed E-state index contributed by atoms with van der Waals surface area (Å²) in [6.07, 6.45) is 3.39. The Bertz CT molecular complexity index is 540. The van der Waals surface area contributed by atoms with E-state index in [1.54, 1.807) is 19.3 Å². The van der Waals surface area contributed by atoms with Gasteiger partial charge in [0.25, 0.3) is 0 Å². The van der Waals surface area contributed by atoms with Crippen molar-refractivity contribution in [1.82, 2.24) is 9.97 Å². The first-order valence-electron chi connectivity index (χ1n) is 5.52. The summed E-state index contributed by atoms with van der Waals surface area (Å²) in [4.78, 5) is 20.7. The van der Waals surface area contributed by atoms with E-state index >= 15 is 0 Å². The van der Waals surface area contributed by atoms with E-state index in [4.69, 9.17) is 4.74 Å². The number of carbonyl (C=O) groups is 1. The second-order valence-corrected chi connectivity index (χ2v) is 4.71. The van der Waals surface area contributed by atoms with Crippen LogP contribution in [0.2, 0.25) is 0 Å². The van der Waals surface area contributed by atoms with Crippen LogP contribution in [0.4, 0.5) is 10.8 Å². The summed E-state index contributed by atoms with van der Waals surface area (Å²) in [6.45, 7) is 3.97. The third kappa shape index (κ3) is 2.84. The highest BCUT2D eigenvalue weighted by molar-refractivity contribution is 7.15. The summed E-state index contributed by atoms with van der Waals surface area (Å²) in [5, 5.41) is 3.76. The summed E-state index contributed by atoms with van der Waals surface area (Å²) in [6, 6.07) is 3.71. The Morgan fingerprint density at radius 3 is 3.06 bits per heavy atom. The molecule has 0 aliphatic carbocycles. The topological polar surface area (TPSA) is 64.1 Å². The average molecular weight is 263 g/mol. The Hall–Kier alpha value is -1.95. The van der Waals surface area contributed by atoms with Crippen molar-refractivity contribution in [1.29, 1.82) is 0 Å². The van der Waals surface area contributed by atoms with Crippen LogP contribution in [0.5, 0.6) is 0 Å². The van der Waals surface area contributed by atoms with Crippen molar-refractivity contribution in [2.75, 3.05) is 11.9 Å². The van der Waals surface area contributed by atoms with Gasteiger partial charge in [-0.25, -0.2) is 9.78 Å². The molecular weight excluding hydrogens is 250 g/mol. The standard InChI is InChI=1S/C12H13N3O2S/c1-3-17-11(16)10-8(2)18-12(15-10)14-9-5-4-6-13-7-9/h4-7H,3H2,1-2H3,(H,14,15). The molecule has 0 radical (unpaired) electrons. The van der Waals surface area contributed by atoms with Crippen molar-refractivity contribution in [3.8, 4) is 0 Å². The van der Waals surface area contributed by atoms with Crippen LogP contribution in [0.3, 0.4) is 0 Å². The molecule has 0 amide bonds. The number of aryl methyl sites for hydroxylation is 1. The van der Waals surface area contributed by atoms with Crippen LogP contribution in [-0.2, 0) is 4.74 Å². The fourth-order valence-electron chi connectivity index (χ4n) is 1.40. The van der Waals surface area contributed by atoms with Gasteiger partial charge in [-0.1, -0.05) is 0 Å². The number of pyridine rings is 1. The molecule has 0 aliphatic heterocycles. The zero-order chi connectivity index (χ0) is 13.0. The molecule has 0 fully saturated rings. The van der Waals surface area contributed by atoms with Gasteiger partial charge in [-0.2, -0.15) is 0 Å². The quantitative estimate of drug-likeness (QED) is 0.859. The number of ether oxygens (including phenoxy) is 1. The Labute approximate surface area is 109 Å². The molecule has 0 unspecified atom stereocenters. The number of rotatable bonds is 4. The van der Waals surface area contributed by atoms with Gasteiger partial charge in [0, 0.05) is 11.1 Å². The largest absolute Gasteiger partial charge is 0.461 e. The molecule has 94 valence electrons. The Morgan fingerprint density at radius 1 is 1.56 bits per heavy atom. The van der Waals surface area contributed by atoms with Crippen LogP contribution in [0.25, 0.3) is 0 Å². The molecule has 2 heterocycles. The monoisotopic (exact) mass is 263 g/mol. The molecule has 0 saturated carbocycles. The molecule has 5 nitrogen and oxygen atoms in total. The minimum absolute atomic E-state index is 0.348. The Kier molecular flexibility index (Phi) is 3.88. The highest BCUT2D eigenvalue weighted by Gasteiger charge is 2.16. The minimum atomic E-state index is -0.384. The van der Waals surface area contributed by atoms with E-state index in [-0.39, 0.29) is 5.97 Å². The third-order valence-corrected chi connectivity index (χ3v) is 3.06. The van der Waals surface area contributed by atoms with E-state index in [1.807, 2.05) is 19.1 Å². The van der Waals surface area contributed by atoms with Gasteiger partial charge in [-0.15, -0.1) is 11.3 Å². The van der Waals surface area contributed by atoms with Crippen LogP contribution in [-0.4, -0.2) is 22.5 Å². The van der Waals surface area contributed by atoms with E-state index in [9.17, 15) is 4.79 Å². The van der Waals surface area contributed by atoms with Gasteiger partial charge in [-0.3, -0.25) is 4.98 Å². The van der Waals surface area contributed by atoms with Gasteiger partial charge in [0.05, 0.1) is 18.5 Å². The maximum absolute atomic E-state index is 11.6. The normalized spacial score (nSPS) is 10.1. The lowest BCUT2D eigenvalue weighted by molar-refractivity contribution is 0.0519. The van der Waals surface area contributed by atoms with Gasteiger partial charge in [0.15, 0.2) is 10.8 Å². The van der Waals surface area contributed by atoms with Crippen LogP contribution in [0.1, 0.15) is 22.3 Å². The summed E-state index contributed by atoms with van der Waals surface area (Å²) in [7, 11) is 0. The maximum atomic E-state index is 11.6. The SMILES string of the molecule is CCOC(=O)c1nc(Nc2cccnc2)sc1C. The summed E-state index contributed by atoms with van der Waals surface area (Å²) in [5.74, 6) is -0.384. The van der Waals surface area contributed by atoms with Crippen molar-refractivity contribution in [3.63, 3.8) is 0 Å². The zero-order valence-corrected chi connectivity index (χ0v) is 11.0. The van der Waals surface area contributed by atoms with Crippen molar-refractivity contribution in [2.45, 2.75) is 13.8 Å². The number of hydrogen-bond donors (Lipinski definition) is 1. The second kappa shape index (κ2) is 5.59. The molecule has 2 rings (SSSR count). The van der Waals surface area contributed by atoms with Gasteiger partial charge >= 0.3 is 5.97 Å². The predicted molar refractivity (Wildman–Crippen MR) is 70.3 cm³/mol. The fourth-order valence-corrected chi connectivity index (χ4v) is 2.22. The first-order valence-corrected chi connectivity index (χ1v) is 6.34. The molecule has 0 atom stereocenters. The number of aromatic nitrogens is 2. The van der Waals surface area contributed by atoms with E-state index in [0.29, 0.717) is 17.4 Å². The van der Waals surface area contributed by atoms with Gasteiger partial charge in [0.1, 0.15) is 0 Å². The van der Waals surface area contributed by atoms with E-state index in [2.05, 4.69) is 15.3 Å². The molecule has 18 heavy (non-hydrogen) atoms. The van der Waals surface area contributed by atoms with Crippen LogP contribution >= 0.6 is 11.3 Å². The Morgan fingerprint density at radius 2 is 2.39 bits per heavy atom. The summed E-state index contributed by atoms with van der Waals surface area (Å²) < 4.78 is 4.94. The second-order valence-electron chi connectivity index (χ2n) is 3.51. The highest BCUT2D eigenvalue weighted by Crippen LogP contribution is 2.25. The lowest BCUT2D eigenvalue weighted by Crippen LogP contribution is -2.06. The smallest absolute Gasteiger partial charge is 0.358 e. The maximum Gasteiger partial charge on any atom is 0.358 e. The number of carbonyl (C=O) groups excluding carboxylic acids is 1. The van der Waals surface area contributed by atoms with Gasteiger partial charge in [0.2, 0.25) is 0 Å². The van der Waals surface area contributed by atoms with E-state index in [1.165, 1.54) is 11.3 Å². The summed E-state index contributed by atoms with van der Waals surface area (Å²) >= 11 is 1.41. The van der Waals surface area contributed by atoms with Crippen LogP contribution < -0.4 is 5.32 Å². The molecule has 2 aromatic rings. The number of nitrogens with zero attached hydrogens (tertiary/aromatic N) is 2. The molecule has 2 aromatic heterocycles. The molecule has 0 spiro atoms. The average Bonchev–Trinajstić information content (AvgIpc) is 2.72. The fraction of sp³-hybridized carbons (Fsp3) is 0.250. The number of hydrogen-bond acceptors (Lipinski definition) is 6. The lowest BCUT2D eigenvalue weighted by Gasteiger charge is -2.00. The summed E-state index contributed by atoms with van der Waals surface area (Å²) in [5.41, 5.74) is 1.20. The van der Waals surface area contributed by atoms with Gasteiger partial charge in [-0.05, 0) is 26.0 Å². The lowest BCUT2D eigenvalue weighted by atomic mass is 10.4. The molecule has 0 bridgehead atoms. The molecular formula is C12H13N3O2S. The molecule has 0 saturated heterocycles. The van der Waals surface area contributed by atoms with Crippen LogP contribution in [0, 0.1) is 6.92 Å². The molecule has 1 N–H and O–H groups in total. The number of anilines is 2. The first kappa shape index (κ1) is 12.5. The van der Waals surface area contributed by atoms with E-state index in [0.717, 1.165) is 10.6 Å². The predicted octanol–water partition coefficient (Wildman–Crippen LogP) is 2.77. The molecule has 6 heteroatoms. The third-order valence-electron chi connectivity index (χ3n) is 2.18. The minimum Gasteiger partial charge on any atom is -0.461 e. The molecule has 0 aromatic carbocycles. The Balaban J connectivity index is 2.16. The zero-order valence-electron chi connectivity index (χ0n) is 10.1. The van der Waals surface area contributed by atoms with Crippen molar-refractivity contribution < 1.29 is 9.53 Å². The van der Waals surface area contributed by atoms with Gasteiger partial charge < -0.3 is 10.1 Å². The number of nitrogens with one attached hydrogen (secondary N) is 1. The number of thiazole rings is 1. The van der Waals surface area contributed by atoms with Crippen LogP contribution in [0.15, 0.2) is 24.5 Å². The highest BCUT2D eigenvalue weighted by atomic mass is 32.1. The number of esters is 1.